The number of rotatable bonds is 64. The van der Waals surface area contributed by atoms with Gasteiger partial charge in [0, 0.05) is 19.3 Å². The molecule has 0 aliphatic rings. The Morgan fingerprint density at radius 2 is 0.408 bits per heavy atom. The van der Waals surface area contributed by atoms with Gasteiger partial charge in [-0.25, -0.2) is 0 Å². The lowest BCUT2D eigenvalue weighted by Gasteiger charge is -2.30. The quantitative estimate of drug-likeness (QED) is 0.0351. The molecule has 0 aliphatic heterocycles. The number of carbonyl (C=O) groups excluding carboxylic acids is 3. The Morgan fingerprint density at radius 3 is 0.579 bits per heavy atom. The number of carbonyl (C=O) groups is 3. The zero-order valence-corrected chi connectivity index (χ0v) is 51.3. The van der Waals surface area contributed by atoms with Crippen molar-refractivity contribution in [3.05, 3.63) is 0 Å². The molecular weight excluding hydrogens is 945 g/mol. The maximum Gasteiger partial charge on any atom is 0.440 e. The number of aliphatic hydroxyl groups is 2. The lowest BCUT2D eigenvalue weighted by molar-refractivity contribution is -0.398. The topological polar surface area (TPSA) is 119 Å². The molecule has 76 heavy (non-hydrogen) atoms. The van der Waals surface area contributed by atoms with Crippen LogP contribution in [0, 0.1) is 0 Å². The first kappa shape index (κ1) is 74.3. The van der Waals surface area contributed by atoms with Crippen LogP contribution in [-0.2, 0) is 28.6 Å². The highest BCUT2D eigenvalue weighted by molar-refractivity contribution is 5.72. The predicted molar refractivity (Wildman–Crippen MR) is 323 cm³/mol. The molecule has 0 rings (SSSR count). The molecule has 8 nitrogen and oxygen atoms in total. The molecule has 1 atom stereocenters. The third-order valence-electron chi connectivity index (χ3n) is 16.0. The molecule has 0 aromatic rings. The molecule has 0 heterocycles. The maximum atomic E-state index is 13.0. The van der Waals surface area contributed by atoms with Gasteiger partial charge < -0.3 is 24.4 Å². The predicted octanol–water partition coefficient (Wildman–Crippen LogP) is 22.0. The molecule has 0 aromatic carbocycles. The van der Waals surface area contributed by atoms with E-state index in [0.29, 0.717) is 19.3 Å². The summed E-state index contributed by atoms with van der Waals surface area (Å²) >= 11 is 0. The summed E-state index contributed by atoms with van der Waals surface area (Å²) in [6, 6.07) is 0. The lowest BCUT2D eigenvalue weighted by atomic mass is 10.0. The summed E-state index contributed by atoms with van der Waals surface area (Å²) in [5, 5.41) is 22.2. The van der Waals surface area contributed by atoms with E-state index in [9.17, 15) is 24.6 Å². The van der Waals surface area contributed by atoms with E-state index in [4.69, 9.17) is 14.2 Å². The van der Waals surface area contributed by atoms with Crippen molar-refractivity contribution in [1.29, 1.82) is 0 Å². The Morgan fingerprint density at radius 1 is 0.263 bits per heavy atom. The third-order valence-corrected chi connectivity index (χ3v) is 16.0. The number of hydrogen-bond donors (Lipinski definition) is 2. The van der Waals surface area contributed by atoms with Crippen LogP contribution in [0.3, 0.4) is 0 Å². The van der Waals surface area contributed by atoms with E-state index in [2.05, 4.69) is 20.8 Å². The van der Waals surface area contributed by atoms with Crippen LogP contribution >= 0.6 is 0 Å². The summed E-state index contributed by atoms with van der Waals surface area (Å²) in [7, 11) is 0. The monoisotopic (exact) mass is 1080 g/mol. The second-order valence-corrected chi connectivity index (χ2v) is 23.8. The SMILES string of the molecule is CCCCCCCCCCCCCCCCCCCCCC(=O)OC(O)C(O)(OC(=O)CCCCCCCCCCCCCCCCCCCCC)OC(=O)CCCCCCCCCCCCCCCCCCCCC. The number of aliphatic hydroxyl groups excluding tert-OH is 1. The Labute approximate surface area is 473 Å². The maximum absolute atomic E-state index is 13.0. The van der Waals surface area contributed by atoms with Gasteiger partial charge in [-0.3, -0.25) is 14.4 Å². The molecule has 0 saturated carbocycles. The summed E-state index contributed by atoms with van der Waals surface area (Å²) in [6.45, 7) is 6.83. The minimum absolute atomic E-state index is 0.00193. The van der Waals surface area contributed by atoms with Crippen molar-refractivity contribution in [2.24, 2.45) is 0 Å². The zero-order chi connectivity index (χ0) is 55.4. The van der Waals surface area contributed by atoms with E-state index in [1.165, 1.54) is 289 Å². The molecule has 0 saturated heterocycles. The van der Waals surface area contributed by atoms with Crippen molar-refractivity contribution in [2.45, 2.75) is 418 Å². The fraction of sp³-hybridized carbons (Fsp3) is 0.956. The van der Waals surface area contributed by atoms with Crippen LogP contribution < -0.4 is 0 Å². The van der Waals surface area contributed by atoms with Crippen LogP contribution in [0.2, 0.25) is 0 Å². The van der Waals surface area contributed by atoms with E-state index in [1.807, 2.05) is 0 Å². The fourth-order valence-electron chi connectivity index (χ4n) is 10.9. The van der Waals surface area contributed by atoms with Gasteiger partial charge in [-0.1, -0.05) is 367 Å². The van der Waals surface area contributed by atoms with Gasteiger partial charge in [0.1, 0.15) is 0 Å². The van der Waals surface area contributed by atoms with Gasteiger partial charge >= 0.3 is 30.2 Å². The molecule has 0 fully saturated rings. The normalized spacial score (nSPS) is 12.1. The summed E-state index contributed by atoms with van der Waals surface area (Å²) in [4.78, 5) is 38.8. The van der Waals surface area contributed by atoms with Crippen molar-refractivity contribution < 1.29 is 38.8 Å². The minimum atomic E-state index is -3.10. The smallest absolute Gasteiger partial charge is 0.424 e. The van der Waals surface area contributed by atoms with Gasteiger partial charge in [-0.05, 0) is 19.3 Å². The van der Waals surface area contributed by atoms with E-state index in [-0.39, 0.29) is 19.3 Å². The van der Waals surface area contributed by atoms with Gasteiger partial charge in [0.15, 0.2) is 0 Å². The number of unbranched alkanes of at least 4 members (excludes halogenated alkanes) is 54. The van der Waals surface area contributed by atoms with Crippen molar-refractivity contribution >= 4 is 17.9 Å². The minimum Gasteiger partial charge on any atom is -0.424 e. The summed E-state index contributed by atoms with van der Waals surface area (Å²) in [5.74, 6) is -5.44. The molecule has 0 radical (unpaired) electrons. The highest BCUT2D eigenvalue weighted by Crippen LogP contribution is 2.23. The van der Waals surface area contributed by atoms with Gasteiger partial charge in [0.05, 0.1) is 0 Å². The van der Waals surface area contributed by atoms with Gasteiger partial charge in [-0.2, -0.15) is 0 Å². The van der Waals surface area contributed by atoms with E-state index >= 15 is 0 Å². The van der Waals surface area contributed by atoms with Crippen LogP contribution in [0.15, 0.2) is 0 Å². The Balaban J connectivity index is 4.49. The Bertz CT molecular complexity index is 1140. The number of ether oxygens (including phenoxy) is 3. The Kier molecular flexibility index (Phi) is 59.6. The van der Waals surface area contributed by atoms with Crippen molar-refractivity contribution in [3.8, 4) is 0 Å². The summed E-state index contributed by atoms with van der Waals surface area (Å²) in [5.41, 5.74) is 0. The van der Waals surface area contributed by atoms with Gasteiger partial charge in [0.2, 0.25) is 0 Å². The molecular formula is C68H132O8. The van der Waals surface area contributed by atoms with Gasteiger partial charge in [-0.15, -0.1) is 0 Å². The number of hydrogen-bond acceptors (Lipinski definition) is 8. The first-order valence-electron chi connectivity index (χ1n) is 34.3. The van der Waals surface area contributed by atoms with Crippen LogP contribution in [0.1, 0.15) is 406 Å². The van der Waals surface area contributed by atoms with Crippen LogP contribution in [0.5, 0.6) is 0 Å². The fourth-order valence-corrected chi connectivity index (χ4v) is 10.9. The lowest BCUT2D eigenvalue weighted by Crippen LogP contribution is -2.52. The molecule has 452 valence electrons. The van der Waals surface area contributed by atoms with Crippen LogP contribution in [-0.4, -0.2) is 40.4 Å². The molecule has 0 amide bonds. The largest absolute Gasteiger partial charge is 0.440 e. The molecule has 0 spiro atoms. The molecule has 0 aliphatic carbocycles. The third kappa shape index (κ3) is 55.6. The van der Waals surface area contributed by atoms with E-state index < -0.39 is 30.2 Å². The molecule has 0 aromatic heterocycles. The molecule has 8 heteroatoms. The van der Waals surface area contributed by atoms with E-state index in [1.54, 1.807) is 0 Å². The van der Waals surface area contributed by atoms with E-state index in [0.717, 1.165) is 57.8 Å². The van der Waals surface area contributed by atoms with Crippen molar-refractivity contribution in [2.75, 3.05) is 0 Å². The molecule has 0 bridgehead atoms. The van der Waals surface area contributed by atoms with Crippen molar-refractivity contribution in [1.82, 2.24) is 0 Å². The van der Waals surface area contributed by atoms with Crippen LogP contribution in [0.25, 0.3) is 0 Å². The van der Waals surface area contributed by atoms with Gasteiger partial charge in [0.25, 0.3) is 0 Å². The number of esters is 3. The summed E-state index contributed by atoms with van der Waals surface area (Å²) in [6.07, 6.45) is 69.1. The highest BCUT2D eigenvalue weighted by Gasteiger charge is 2.47. The van der Waals surface area contributed by atoms with Crippen molar-refractivity contribution in [3.63, 3.8) is 0 Å². The Hall–Kier alpha value is -1.67. The van der Waals surface area contributed by atoms with Crippen LogP contribution in [0.4, 0.5) is 0 Å². The molecule has 2 N–H and O–H groups in total. The second kappa shape index (κ2) is 61.0. The summed E-state index contributed by atoms with van der Waals surface area (Å²) < 4.78 is 15.6. The highest BCUT2D eigenvalue weighted by atomic mass is 16.9. The molecule has 1 unspecified atom stereocenters. The average molecular weight is 1080 g/mol. The average Bonchev–Trinajstić information content (AvgIpc) is 3.40. The first-order valence-corrected chi connectivity index (χ1v) is 34.3. The second-order valence-electron chi connectivity index (χ2n) is 23.8. The standard InChI is InChI=1S/C68H132O8/c1-4-7-10-13-16-19-22-25-28-31-34-37-40-43-46-49-52-55-58-61-64(69)74-67(72)68(73,75-65(70)62-59-56-53-50-47-44-41-38-35-32-29-26-23-20-17-14-11-8-5-2)76-66(71)63-60-57-54-51-48-45-42-39-36-33-30-27-24-21-18-15-12-9-6-3/h67,72-73H,4-63H2,1-3H3. The first-order chi connectivity index (χ1) is 37.3. The zero-order valence-electron chi connectivity index (χ0n) is 51.3.